The Morgan fingerprint density at radius 3 is 1.84 bits per heavy atom. The standard InChI is InChI=1S/C15H13ClF2O/c1-15(17,18)12-4-8-14(9-5-12)19-13-6-2-11(10-16)3-7-13/h2-9H,10H2,1H3. The molecule has 0 radical (unpaired) electrons. The number of ether oxygens (including phenoxy) is 1. The lowest BCUT2D eigenvalue weighted by Crippen LogP contribution is -2.06. The molecule has 0 aliphatic carbocycles. The van der Waals surface area contributed by atoms with Gasteiger partial charge in [0.15, 0.2) is 0 Å². The minimum absolute atomic E-state index is 0.0302. The van der Waals surface area contributed by atoms with Crippen LogP contribution in [-0.2, 0) is 11.8 Å². The molecule has 1 nitrogen and oxygen atoms in total. The Morgan fingerprint density at radius 2 is 1.42 bits per heavy atom. The third-order valence-electron chi connectivity index (χ3n) is 2.67. The predicted molar refractivity (Wildman–Crippen MR) is 72.1 cm³/mol. The van der Waals surface area contributed by atoms with E-state index in [-0.39, 0.29) is 5.56 Å². The highest BCUT2D eigenvalue weighted by atomic mass is 35.5. The van der Waals surface area contributed by atoms with Gasteiger partial charge in [-0.15, -0.1) is 11.6 Å². The Hall–Kier alpha value is -1.61. The fourth-order valence-electron chi connectivity index (χ4n) is 1.60. The molecule has 19 heavy (non-hydrogen) atoms. The van der Waals surface area contributed by atoms with E-state index in [1.165, 1.54) is 24.3 Å². The van der Waals surface area contributed by atoms with Gasteiger partial charge >= 0.3 is 0 Å². The maximum atomic E-state index is 13.0. The minimum Gasteiger partial charge on any atom is -0.457 e. The number of alkyl halides is 3. The molecule has 0 N–H and O–H groups in total. The fraction of sp³-hybridized carbons (Fsp3) is 0.200. The van der Waals surface area contributed by atoms with Crippen LogP contribution in [0.4, 0.5) is 8.78 Å². The Kier molecular flexibility index (Phi) is 4.05. The Balaban J connectivity index is 2.10. The summed E-state index contributed by atoms with van der Waals surface area (Å²) in [6, 6.07) is 13.1. The summed E-state index contributed by atoms with van der Waals surface area (Å²) in [7, 11) is 0. The Morgan fingerprint density at radius 1 is 0.947 bits per heavy atom. The van der Waals surface area contributed by atoms with Crippen molar-refractivity contribution in [1.29, 1.82) is 0 Å². The van der Waals surface area contributed by atoms with Crippen LogP contribution in [0.25, 0.3) is 0 Å². The zero-order valence-electron chi connectivity index (χ0n) is 10.4. The molecule has 0 spiro atoms. The van der Waals surface area contributed by atoms with Crippen molar-refractivity contribution in [3.8, 4) is 11.5 Å². The molecule has 2 aromatic carbocycles. The molecule has 0 unspecified atom stereocenters. The van der Waals surface area contributed by atoms with Gasteiger partial charge in [0, 0.05) is 18.4 Å². The number of hydrogen-bond donors (Lipinski definition) is 0. The van der Waals surface area contributed by atoms with Gasteiger partial charge in [0.25, 0.3) is 5.92 Å². The van der Waals surface area contributed by atoms with Crippen molar-refractivity contribution < 1.29 is 13.5 Å². The van der Waals surface area contributed by atoms with Crippen LogP contribution >= 0.6 is 11.6 Å². The van der Waals surface area contributed by atoms with Crippen LogP contribution in [0.15, 0.2) is 48.5 Å². The maximum Gasteiger partial charge on any atom is 0.270 e. The molecule has 2 rings (SSSR count). The van der Waals surface area contributed by atoms with E-state index in [1.807, 2.05) is 12.1 Å². The van der Waals surface area contributed by atoms with Crippen molar-refractivity contribution in [2.24, 2.45) is 0 Å². The summed E-state index contributed by atoms with van der Waals surface area (Å²) in [6.07, 6.45) is 0. The second kappa shape index (κ2) is 5.57. The van der Waals surface area contributed by atoms with Crippen LogP contribution in [-0.4, -0.2) is 0 Å². The second-order valence-corrected chi connectivity index (χ2v) is 4.56. The first kappa shape index (κ1) is 13.8. The van der Waals surface area contributed by atoms with E-state index >= 15 is 0 Å². The lowest BCUT2D eigenvalue weighted by atomic mass is 10.1. The molecule has 2 aromatic rings. The molecule has 0 aliphatic rings. The summed E-state index contributed by atoms with van der Waals surface area (Å²) < 4.78 is 31.6. The lowest BCUT2D eigenvalue weighted by molar-refractivity contribution is 0.0174. The number of benzene rings is 2. The molecule has 0 amide bonds. The summed E-state index contributed by atoms with van der Waals surface area (Å²) in [5, 5.41) is 0. The monoisotopic (exact) mass is 282 g/mol. The Bertz CT molecular complexity index is 530. The van der Waals surface area contributed by atoms with Gasteiger partial charge in [-0.1, -0.05) is 12.1 Å². The summed E-state index contributed by atoms with van der Waals surface area (Å²) in [5.41, 5.74) is 0.965. The molecule has 0 saturated heterocycles. The first-order valence-corrected chi connectivity index (χ1v) is 6.33. The van der Waals surface area contributed by atoms with Crippen molar-refractivity contribution in [3.05, 3.63) is 59.7 Å². The van der Waals surface area contributed by atoms with E-state index in [9.17, 15) is 8.78 Å². The molecule has 0 fully saturated rings. The second-order valence-electron chi connectivity index (χ2n) is 4.29. The van der Waals surface area contributed by atoms with E-state index in [1.54, 1.807) is 12.1 Å². The molecule has 4 heteroatoms. The summed E-state index contributed by atoms with van der Waals surface area (Å²) in [4.78, 5) is 0. The third kappa shape index (κ3) is 3.67. The zero-order valence-corrected chi connectivity index (χ0v) is 11.1. The predicted octanol–water partition coefficient (Wildman–Crippen LogP) is 5.33. The number of halogens is 3. The van der Waals surface area contributed by atoms with E-state index in [2.05, 4.69) is 0 Å². The summed E-state index contributed by atoms with van der Waals surface area (Å²) in [6.45, 7) is 0.869. The maximum absolute atomic E-state index is 13.0. The minimum atomic E-state index is -2.83. The quantitative estimate of drug-likeness (QED) is 0.689. The van der Waals surface area contributed by atoms with E-state index in [0.29, 0.717) is 17.4 Å². The number of rotatable bonds is 4. The first-order chi connectivity index (χ1) is 8.99. The van der Waals surface area contributed by atoms with Gasteiger partial charge in [-0.25, -0.2) is 8.78 Å². The molecule has 0 saturated carbocycles. The van der Waals surface area contributed by atoms with Gasteiger partial charge in [-0.3, -0.25) is 0 Å². The molecular formula is C15H13ClF2O. The van der Waals surface area contributed by atoms with Crippen LogP contribution in [0.5, 0.6) is 11.5 Å². The van der Waals surface area contributed by atoms with Crippen molar-refractivity contribution in [2.45, 2.75) is 18.7 Å². The molecule has 0 bridgehead atoms. The first-order valence-electron chi connectivity index (χ1n) is 5.80. The third-order valence-corrected chi connectivity index (χ3v) is 2.98. The Labute approximate surface area is 115 Å². The van der Waals surface area contributed by atoms with E-state index in [0.717, 1.165) is 12.5 Å². The normalized spacial score (nSPS) is 11.4. The van der Waals surface area contributed by atoms with Crippen LogP contribution < -0.4 is 4.74 Å². The van der Waals surface area contributed by atoms with E-state index < -0.39 is 5.92 Å². The van der Waals surface area contributed by atoms with Gasteiger partial charge in [0.05, 0.1) is 0 Å². The van der Waals surface area contributed by atoms with Crippen LogP contribution in [0.2, 0.25) is 0 Å². The van der Waals surface area contributed by atoms with Crippen molar-refractivity contribution in [3.63, 3.8) is 0 Å². The average Bonchev–Trinajstić information content (AvgIpc) is 2.39. The van der Waals surface area contributed by atoms with Gasteiger partial charge < -0.3 is 4.74 Å². The lowest BCUT2D eigenvalue weighted by Gasteiger charge is -2.11. The van der Waals surface area contributed by atoms with Crippen LogP contribution in [0, 0.1) is 0 Å². The highest BCUT2D eigenvalue weighted by molar-refractivity contribution is 6.17. The highest BCUT2D eigenvalue weighted by Crippen LogP contribution is 2.29. The molecule has 0 heterocycles. The topological polar surface area (TPSA) is 9.23 Å². The summed E-state index contributed by atoms with van der Waals surface area (Å²) >= 11 is 5.69. The van der Waals surface area contributed by atoms with Gasteiger partial charge in [0.1, 0.15) is 11.5 Å². The molecular weight excluding hydrogens is 270 g/mol. The summed E-state index contributed by atoms with van der Waals surface area (Å²) in [5.74, 6) is -1.22. The van der Waals surface area contributed by atoms with Crippen LogP contribution in [0.1, 0.15) is 18.1 Å². The van der Waals surface area contributed by atoms with E-state index in [4.69, 9.17) is 16.3 Å². The SMILES string of the molecule is CC(F)(F)c1ccc(Oc2ccc(CCl)cc2)cc1. The van der Waals surface area contributed by atoms with Crippen molar-refractivity contribution in [1.82, 2.24) is 0 Å². The van der Waals surface area contributed by atoms with Gasteiger partial charge in [-0.05, 0) is 42.0 Å². The molecule has 0 atom stereocenters. The number of hydrogen-bond acceptors (Lipinski definition) is 1. The fourth-order valence-corrected chi connectivity index (χ4v) is 1.78. The van der Waals surface area contributed by atoms with Crippen molar-refractivity contribution >= 4 is 11.6 Å². The van der Waals surface area contributed by atoms with Crippen LogP contribution in [0.3, 0.4) is 0 Å². The highest BCUT2D eigenvalue weighted by Gasteiger charge is 2.23. The molecule has 100 valence electrons. The largest absolute Gasteiger partial charge is 0.457 e. The van der Waals surface area contributed by atoms with Gasteiger partial charge in [0.2, 0.25) is 0 Å². The smallest absolute Gasteiger partial charge is 0.270 e. The van der Waals surface area contributed by atoms with Crippen molar-refractivity contribution in [2.75, 3.05) is 0 Å². The average molecular weight is 283 g/mol. The molecule has 0 aromatic heterocycles. The van der Waals surface area contributed by atoms with Gasteiger partial charge in [-0.2, -0.15) is 0 Å². The molecule has 0 aliphatic heterocycles. The zero-order chi connectivity index (χ0) is 13.9.